The summed E-state index contributed by atoms with van der Waals surface area (Å²) in [6.07, 6.45) is 5.14. The minimum Gasteiger partial charge on any atom is -0.383 e. The molecule has 2 N–H and O–H groups in total. The number of carbonyl (C=O) groups excluding carboxylic acids is 1. The van der Waals surface area contributed by atoms with Crippen molar-refractivity contribution in [2.45, 2.75) is 64.6 Å². The predicted molar refractivity (Wildman–Crippen MR) is 146 cm³/mol. The van der Waals surface area contributed by atoms with Crippen LogP contribution in [0.25, 0.3) is 11.7 Å². The summed E-state index contributed by atoms with van der Waals surface area (Å²) in [6.45, 7) is 11.4. The first kappa shape index (κ1) is 25.8. The smallest absolute Gasteiger partial charge is 0.267 e. The van der Waals surface area contributed by atoms with Gasteiger partial charge in [0.2, 0.25) is 0 Å². The Morgan fingerprint density at radius 1 is 1.26 bits per heavy atom. The van der Waals surface area contributed by atoms with E-state index in [1.807, 2.05) is 19.1 Å². The monoisotopic (exact) mass is 515 g/mol. The second-order valence-corrected chi connectivity index (χ2v) is 12.3. The lowest BCUT2D eigenvalue weighted by atomic mass is 9.79. The number of hydrogen-bond acceptors (Lipinski definition) is 8. The van der Waals surface area contributed by atoms with E-state index in [2.05, 4.69) is 38.3 Å². The van der Waals surface area contributed by atoms with Crippen molar-refractivity contribution < 1.29 is 9.53 Å². The number of anilines is 1. The molecule has 0 atom stereocenters. The van der Waals surface area contributed by atoms with Gasteiger partial charge in [-0.1, -0.05) is 30.0 Å². The summed E-state index contributed by atoms with van der Waals surface area (Å²) in [5.74, 6) is 0.264. The SMILES string of the molecule is COCCN1C(=O)/C(=C/c2c(NC3CC(C)(C)NC(C)(C)C3)nc3ccc(C)cn3c2=O)SC1=S. The number of carbonyl (C=O) groups is 1. The molecule has 2 aliphatic heterocycles. The normalized spacial score (nSPS) is 21.3. The number of thiocarbonyl (C=S) groups is 1. The molecule has 1 amide bonds. The first-order chi connectivity index (χ1) is 16.4. The molecule has 2 fully saturated rings. The maximum Gasteiger partial charge on any atom is 0.267 e. The number of hydrogen-bond donors (Lipinski definition) is 2. The molecule has 0 aromatic carbocycles. The number of piperidine rings is 1. The van der Waals surface area contributed by atoms with Crippen LogP contribution >= 0.6 is 24.0 Å². The highest BCUT2D eigenvalue weighted by atomic mass is 32.2. The number of nitrogens with one attached hydrogen (secondary N) is 2. The molecule has 10 heteroatoms. The Labute approximate surface area is 215 Å². The fourth-order valence-electron chi connectivity index (χ4n) is 5.12. The van der Waals surface area contributed by atoms with Crippen LogP contribution in [-0.2, 0) is 9.53 Å². The Morgan fingerprint density at radius 3 is 2.60 bits per heavy atom. The Bertz CT molecular complexity index is 1250. The number of aryl methyl sites for hydroxylation is 1. The van der Waals surface area contributed by atoms with Crippen molar-refractivity contribution in [3.63, 3.8) is 0 Å². The first-order valence-electron chi connectivity index (χ1n) is 11.7. The molecule has 2 aliphatic rings. The van der Waals surface area contributed by atoms with Crippen LogP contribution in [0.2, 0.25) is 0 Å². The van der Waals surface area contributed by atoms with Crippen LogP contribution in [0.1, 0.15) is 51.7 Å². The Balaban J connectivity index is 1.79. The molecule has 0 bridgehead atoms. The van der Waals surface area contributed by atoms with Gasteiger partial charge in [0.25, 0.3) is 11.5 Å². The van der Waals surface area contributed by atoms with E-state index in [1.54, 1.807) is 19.4 Å². The van der Waals surface area contributed by atoms with E-state index < -0.39 is 0 Å². The molecule has 2 saturated heterocycles. The average Bonchev–Trinajstić information content (AvgIpc) is 3.00. The van der Waals surface area contributed by atoms with Gasteiger partial charge in [-0.15, -0.1) is 0 Å². The van der Waals surface area contributed by atoms with Gasteiger partial charge in [0, 0.05) is 30.4 Å². The van der Waals surface area contributed by atoms with Gasteiger partial charge in [-0.05, 0) is 65.2 Å². The zero-order valence-electron chi connectivity index (χ0n) is 21.1. The van der Waals surface area contributed by atoms with Gasteiger partial charge in [-0.25, -0.2) is 4.98 Å². The summed E-state index contributed by atoms with van der Waals surface area (Å²) >= 11 is 6.61. The predicted octanol–water partition coefficient (Wildman–Crippen LogP) is 3.57. The van der Waals surface area contributed by atoms with Gasteiger partial charge in [0.1, 0.15) is 15.8 Å². The van der Waals surface area contributed by atoms with E-state index in [-0.39, 0.29) is 28.6 Å². The van der Waals surface area contributed by atoms with Gasteiger partial charge >= 0.3 is 0 Å². The second-order valence-electron chi connectivity index (χ2n) is 10.6. The van der Waals surface area contributed by atoms with Crippen molar-refractivity contribution in [2.75, 3.05) is 25.6 Å². The standard InChI is InChI=1S/C25H33N5O3S2/c1-15-7-8-19-27-20(26-16-12-24(2,3)28-25(4,5)13-16)17(21(31)30(19)14-15)11-18-22(32)29(9-10-33-6)23(34)35-18/h7-8,11,14,16,26,28H,9-10,12-13H2,1-6H3/b18-11-. The molecule has 4 heterocycles. The van der Waals surface area contributed by atoms with Gasteiger partial charge in [0.15, 0.2) is 0 Å². The van der Waals surface area contributed by atoms with Crippen LogP contribution in [0, 0.1) is 6.92 Å². The maximum atomic E-state index is 13.7. The number of rotatable bonds is 6. The zero-order valence-corrected chi connectivity index (χ0v) is 22.7. The number of thioether (sulfide) groups is 1. The number of methoxy groups -OCH3 is 1. The van der Waals surface area contributed by atoms with Crippen LogP contribution in [-0.4, -0.2) is 61.9 Å². The molecule has 35 heavy (non-hydrogen) atoms. The fraction of sp³-hybridized carbons (Fsp3) is 0.520. The van der Waals surface area contributed by atoms with E-state index in [0.717, 1.165) is 18.4 Å². The molecule has 0 saturated carbocycles. The van der Waals surface area contributed by atoms with Crippen molar-refractivity contribution in [3.8, 4) is 0 Å². The topological polar surface area (TPSA) is 88.0 Å². The molecule has 8 nitrogen and oxygen atoms in total. The highest BCUT2D eigenvalue weighted by Gasteiger charge is 2.38. The molecule has 0 unspecified atom stereocenters. The minimum atomic E-state index is -0.226. The number of pyridine rings is 1. The lowest BCUT2D eigenvalue weighted by molar-refractivity contribution is -0.122. The largest absolute Gasteiger partial charge is 0.383 e. The van der Waals surface area contributed by atoms with Crippen LogP contribution in [0.15, 0.2) is 28.0 Å². The molecule has 0 spiro atoms. The summed E-state index contributed by atoms with van der Waals surface area (Å²) in [5, 5.41) is 7.24. The number of ether oxygens (including phenoxy) is 1. The number of nitrogens with zero attached hydrogens (tertiary/aromatic N) is 3. The van der Waals surface area contributed by atoms with Crippen molar-refractivity contribution in [1.29, 1.82) is 0 Å². The molecule has 188 valence electrons. The highest BCUT2D eigenvalue weighted by molar-refractivity contribution is 8.26. The van der Waals surface area contributed by atoms with E-state index >= 15 is 0 Å². The van der Waals surface area contributed by atoms with Gasteiger partial charge < -0.3 is 15.4 Å². The third kappa shape index (κ3) is 5.61. The quantitative estimate of drug-likeness (QED) is 0.446. The van der Waals surface area contributed by atoms with E-state index in [1.165, 1.54) is 21.1 Å². The van der Waals surface area contributed by atoms with E-state index in [0.29, 0.717) is 39.4 Å². The number of fused-ring (bicyclic) bond motifs is 1. The molecular formula is C25H33N5O3S2. The van der Waals surface area contributed by atoms with Crippen LogP contribution in [0.4, 0.5) is 5.82 Å². The molecule has 2 aromatic heterocycles. The van der Waals surface area contributed by atoms with Crippen LogP contribution in [0.3, 0.4) is 0 Å². The Kier molecular flexibility index (Phi) is 7.11. The van der Waals surface area contributed by atoms with Crippen molar-refractivity contribution in [2.24, 2.45) is 0 Å². The summed E-state index contributed by atoms with van der Waals surface area (Å²) in [5.41, 5.74) is 1.48. The Morgan fingerprint density at radius 2 is 1.94 bits per heavy atom. The third-order valence-corrected chi connectivity index (χ3v) is 7.58. The van der Waals surface area contributed by atoms with E-state index in [9.17, 15) is 9.59 Å². The Hall–Kier alpha value is -2.27. The molecule has 4 rings (SSSR count). The van der Waals surface area contributed by atoms with Crippen molar-refractivity contribution >= 4 is 51.7 Å². The minimum absolute atomic E-state index is 0.0770. The molecule has 0 aliphatic carbocycles. The fourth-order valence-corrected chi connectivity index (χ4v) is 6.41. The van der Waals surface area contributed by atoms with Crippen LogP contribution in [0.5, 0.6) is 0 Å². The zero-order chi connectivity index (χ0) is 25.5. The second kappa shape index (κ2) is 9.65. The third-order valence-electron chi connectivity index (χ3n) is 6.20. The van der Waals surface area contributed by atoms with E-state index in [4.69, 9.17) is 21.9 Å². The first-order valence-corrected chi connectivity index (χ1v) is 12.9. The average molecular weight is 516 g/mol. The van der Waals surface area contributed by atoms with Crippen LogP contribution < -0.4 is 16.2 Å². The summed E-state index contributed by atoms with van der Waals surface area (Å²) in [7, 11) is 1.58. The number of amides is 1. The van der Waals surface area contributed by atoms with Crippen molar-refractivity contribution in [1.82, 2.24) is 19.6 Å². The van der Waals surface area contributed by atoms with Crippen molar-refractivity contribution in [3.05, 3.63) is 44.7 Å². The summed E-state index contributed by atoms with van der Waals surface area (Å²) < 4.78 is 7.10. The molecule has 0 radical (unpaired) electrons. The van der Waals surface area contributed by atoms with Gasteiger partial charge in [0.05, 0.1) is 23.6 Å². The lowest BCUT2D eigenvalue weighted by Gasteiger charge is -2.46. The van der Waals surface area contributed by atoms with Gasteiger partial charge in [-0.3, -0.25) is 18.9 Å². The lowest BCUT2D eigenvalue weighted by Crippen LogP contribution is -2.60. The molecular weight excluding hydrogens is 482 g/mol. The number of aromatic nitrogens is 2. The summed E-state index contributed by atoms with van der Waals surface area (Å²) in [6, 6.07) is 3.87. The maximum absolute atomic E-state index is 13.7. The highest BCUT2D eigenvalue weighted by Crippen LogP contribution is 2.34. The summed E-state index contributed by atoms with van der Waals surface area (Å²) in [4.78, 5) is 33.5. The van der Waals surface area contributed by atoms with Gasteiger partial charge in [-0.2, -0.15) is 0 Å². The molecule has 2 aromatic rings.